The van der Waals surface area contributed by atoms with E-state index in [2.05, 4.69) is 6.92 Å². The molecule has 0 bridgehead atoms. The van der Waals surface area contributed by atoms with Gasteiger partial charge in [-0.1, -0.05) is 103 Å². The van der Waals surface area contributed by atoms with Crippen LogP contribution in [0.2, 0.25) is 0 Å². The van der Waals surface area contributed by atoms with Gasteiger partial charge in [-0.2, -0.15) is 0 Å². The van der Waals surface area contributed by atoms with Crippen LogP contribution in [-0.4, -0.2) is 44.3 Å². The second kappa shape index (κ2) is 20.5. The molecule has 0 aromatic heterocycles. The van der Waals surface area contributed by atoms with E-state index in [0.717, 1.165) is 12.8 Å². The van der Waals surface area contributed by atoms with Gasteiger partial charge in [0.05, 0.1) is 19.8 Å². The van der Waals surface area contributed by atoms with Gasteiger partial charge in [-0.15, -0.1) is 0 Å². The fourth-order valence-electron chi connectivity index (χ4n) is 3.40. The summed E-state index contributed by atoms with van der Waals surface area (Å²) in [6.07, 6.45) is 21.4. The fraction of sp³-hybridized carbons (Fsp3) is 1.00. The third-order valence-corrected chi connectivity index (χ3v) is 5.19. The molecular formula is C23H47FO3. The van der Waals surface area contributed by atoms with Crippen molar-refractivity contribution < 1.29 is 19.0 Å². The highest BCUT2D eigenvalue weighted by Crippen LogP contribution is 2.14. The molecule has 0 fully saturated rings. The smallest absolute Gasteiger partial charge is 0.180 e. The lowest BCUT2D eigenvalue weighted by atomic mass is 10.0. The van der Waals surface area contributed by atoms with E-state index in [-0.39, 0.29) is 13.2 Å². The van der Waals surface area contributed by atoms with Crippen molar-refractivity contribution in [2.24, 2.45) is 0 Å². The number of unbranched alkanes of at least 4 members (excludes halogenated alkanes) is 15. The largest absolute Gasteiger partial charge is 0.393 e. The van der Waals surface area contributed by atoms with E-state index in [0.29, 0.717) is 6.61 Å². The molecule has 0 saturated heterocycles. The summed E-state index contributed by atoms with van der Waals surface area (Å²) >= 11 is 0. The summed E-state index contributed by atoms with van der Waals surface area (Å²) in [5.74, 6) is 0. The van der Waals surface area contributed by atoms with Gasteiger partial charge in [0.2, 0.25) is 0 Å². The number of hydrogen-bond donors (Lipinski definition) is 1. The Labute approximate surface area is 168 Å². The van der Waals surface area contributed by atoms with Gasteiger partial charge >= 0.3 is 0 Å². The summed E-state index contributed by atoms with van der Waals surface area (Å²) < 4.78 is 24.0. The van der Waals surface area contributed by atoms with E-state index < -0.39 is 12.3 Å². The normalized spacial score (nSPS) is 13.8. The van der Waals surface area contributed by atoms with Crippen LogP contribution in [0.1, 0.15) is 110 Å². The van der Waals surface area contributed by atoms with Crippen LogP contribution in [0.3, 0.4) is 0 Å². The predicted molar refractivity (Wildman–Crippen MR) is 113 cm³/mol. The van der Waals surface area contributed by atoms with Crippen LogP contribution in [0.25, 0.3) is 0 Å². The standard InChI is InChI=1S/C23H47FO3/c1-3-4-5-6-7-8-9-10-11-12-13-14-15-16-17-18-19-27-22-23(24,20-25)21-26-2/h25H,3-22H2,1-2H3. The first kappa shape index (κ1) is 26.8. The molecule has 0 aromatic rings. The average Bonchev–Trinajstić information content (AvgIpc) is 2.67. The Balaban J connectivity index is 3.17. The first-order valence-corrected chi connectivity index (χ1v) is 11.5. The molecule has 1 N–H and O–H groups in total. The minimum Gasteiger partial charge on any atom is -0.393 e. The summed E-state index contributed by atoms with van der Waals surface area (Å²) in [6, 6.07) is 0. The van der Waals surface area contributed by atoms with Crippen molar-refractivity contribution in [3.63, 3.8) is 0 Å². The monoisotopic (exact) mass is 390 g/mol. The van der Waals surface area contributed by atoms with Crippen LogP contribution in [0.5, 0.6) is 0 Å². The average molecular weight is 391 g/mol. The lowest BCUT2D eigenvalue weighted by molar-refractivity contribution is -0.0613. The molecule has 1 atom stereocenters. The lowest BCUT2D eigenvalue weighted by Crippen LogP contribution is -2.38. The summed E-state index contributed by atoms with van der Waals surface area (Å²) in [5, 5.41) is 9.02. The van der Waals surface area contributed by atoms with Gasteiger partial charge in [0, 0.05) is 13.7 Å². The first-order chi connectivity index (χ1) is 13.2. The molecule has 4 heteroatoms. The minimum absolute atomic E-state index is 0.0872. The molecule has 0 aliphatic heterocycles. The fourth-order valence-corrected chi connectivity index (χ4v) is 3.40. The van der Waals surface area contributed by atoms with Crippen LogP contribution in [0, 0.1) is 0 Å². The maximum Gasteiger partial charge on any atom is 0.180 e. The molecule has 0 rings (SSSR count). The molecule has 0 aliphatic carbocycles. The highest BCUT2D eigenvalue weighted by molar-refractivity contribution is 4.77. The Bertz CT molecular complexity index is 289. The quantitative estimate of drug-likeness (QED) is 0.211. The molecule has 1 unspecified atom stereocenters. The summed E-state index contributed by atoms with van der Waals surface area (Å²) in [7, 11) is 1.43. The number of ether oxygens (including phenoxy) is 2. The van der Waals surface area contributed by atoms with E-state index in [9.17, 15) is 4.39 Å². The van der Waals surface area contributed by atoms with Crippen molar-refractivity contribution in [2.75, 3.05) is 33.5 Å². The molecule has 164 valence electrons. The number of methoxy groups -OCH3 is 1. The van der Waals surface area contributed by atoms with Crippen molar-refractivity contribution in [3.8, 4) is 0 Å². The van der Waals surface area contributed by atoms with Crippen molar-refractivity contribution in [1.29, 1.82) is 0 Å². The highest BCUT2D eigenvalue weighted by atomic mass is 19.1. The molecule has 3 nitrogen and oxygen atoms in total. The summed E-state index contributed by atoms with van der Waals surface area (Å²) in [5.41, 5.74) is -1.76. The summed E-state index contributed by atoms with van der Waals surface area (Å²) in [4.78, 5) is 0. The molecule has 0 aliphatic rings. The van der Waals surface area contributed by atoms with Gasteiger partial charge in [-0.25, -0.2) is 4.39 Å². The van der Waals surface area contributed by atoms with E-state index in [1.165, 1.54) is 97.0 Å². The molecular weight excluding hydrogens is 343 g/mol. The molecule has 27 heavy (non-hydrogen) atoms. The number of halogens is 1. The predicted octanol–water partition coefficient (Wildman–Crippen LogP) is 6.61. The third-order valence-electron chi connectivity index (χ3n) is 5.19. The number of hydrogen-bond acceptors (Lipinski definition) is 3. The van der Waals surface area contributed by atoms with E-state index in [4.69, 9.17) is 14.6 Å². The zero-order chi connectivity index (χ0) is 20.1. The SMILES string of the molecule is CCCCCCCCCCCCCCCCCCOCC(F)(CO)COC. The van der Waals surface area contributed by atoms with Gasteiger partial charge in [0.25, 0.3) is 0 Å². The number of aliphatic hydroxyl groups excluding tert-OH is 1. The van der Waals surface area contributed by atoms with E-state index in [1.807, 2.05) is 0 Å². The van der Waals surface area contributed by atoms with E-state index >= 15 is 0 Å². The number of aliphatic hydroxyl groups is 1. The van der Waals surface area contributed by atoms with Crippen LogP contribution >= 0.6 is 0 Å². The van der Waals surface area contributed by atoms with Crippen molar-refractivity contribution in [2.45, 2.75) is 115 Å². The molecule has 0 heterocycles. The molecule has 0 spiro atoms. The Morgan fingerprint density at radius 3 is 1.44 bits per heavy atom. The topological polar surface area (TPSA) is 38.7 Å². The van der Waals surface area contributed by atoms with Crippen LogP contribution in [0.4, 0.5) is 4.39 Å². The van der Waals surface area contributed by atoms with Crippen LogP contribution < -0.4 is 0 Å². The maximum absolute atomic E-state index is 13.9. The first-order valence-electron chi connectivity index (χ1n) is 11.5. The maximum atomic E-state index is 13.9. The van der Waals surface area contributed by atoms with Gasteiger partial charge in [-0.3, -0.25) is 0 Å². The van der Waals surface area contributed by atoms with Gasteiger partial charge in [-0.05, 0) is 6.42 Å². The Morgan fingerprint density at radius 1 is 0.667 bits per heavy atom. The Hall–Kier alpha value is -0.190. The number of alkyl halides is 1. The highest BCUT2D eigenvalue weighted by Gasteiger charge is 2.29. The molecule has 0 radical (unpaired) electrons. The van der Waals surface area contributed by atoms with Gasteiger partial charge in [0.1, 0.15) is 0 Å². The summed E-state index contributed by atoms with van der Waals surface area (Å²) in [6.45, 7) is 2.07. The zero-order valence-electron chi connectivity index (χ0n) is 18.3. The zero-order valence-corrected chi connectivity index (χ0v) is 18.3. The van der Waals surface area contributed by atoms with Crippen LogP contribution in [0.15, 0.2) is 0 Å². The number of rotatable bonds is 22. The van der Waals surface area contributed by atoms with E-state index in [1.54, 1.807) is 0 Å². The molecule has 0 aromatic carbocycles. The Kier molecular flexibility index (Phi) is 20.4. The van der Waals surface area contributed by atoms with Crippen LogP contribution in [-0.2, 0) is 9.47 Å². The minimum atomic E-state index is -1.76. The van der Waals surface area contributed by atoms with Crippen molar-refractivity contribution in [3.05, 3.63) is 0 Å². The van der Waals surface area contributed by atoms with Gasteiger partial charge in [0.15, 0.2) is 5.67 Å². The second-order valence-corrected chi connectivity index (χ2v) is 8.10. The Morgan fingerprint density at radius 2 is 1.07 bits per heavy atom. The van der Waals surface area contributed by atoms with Crippen molar-refractivity contribution >= 4 is 0 Å². The second-order valence-electron chi connectivity index (χ2n) is 8.10. The molecule has 0 saturated carbocycles. The van der Waals surface area contributed by atoms with Crippen molar-refractivity contribution in [1.82, 2.24) is 0 Å². The lowest BCUT2D eigenvalue weighted by Gasteiger charge is -2.21. The van der Waals surface area contributed by atoms with Gasteiger partial charge < -0.3 is 14.6 Å². The third kappa shape index (κ3) is 18.9. The molecule has 0 amide bonds.